The molecule has 1 fully saturated rings. The number of carbonyl (C=O) groups is 1. The van der Waals surface area contributed by atoms with Crippen molar-refractivity contribution in [1.82, 2.24) is 9.80 Å². The molecule has 0 N–H and O–H groups in total. The number of carbonyl (C=O) groups excluding carboxylic acids is 1. The van der Waals surface area contributed by atoms with E-state index in [0.717, 1.165) is 6.07 Å². The topological polar surface area (TPSA) is 23.6 Å². The van der Waals surface area contributed by atoms with Gasteiger partial charge in [-0.2, -0.15) is 13.2 Å². The van der Waals surface area contributed by atoms with Gasteiger partial charge in [-0.3, -0.25) is 9.69 Å². The van der Waals surface area contributed by atoms with E-state index in [1.165, 1.54) is 12.1 Å². The second-order valence-corrected chi connectivity index (χ2v) is 6.71. The predicted molar refractivity (Wildman–Crippen MR) is 94.1 cm³/mol. The average molecular weight is 383 g/mol. The summed E-state index contributed by atoms with van der Waals surface area (Å²) < 4.78 is 38.4. The molecule has 1 amide bonds. The Morgan fingerprint density at radius 1 is 1.00 bits per heavy atom. The highest BCUT2D eigenvalue weighted by Crippen LogP contribution is 2.29. The second kappa shape index (κ2) is 7.68. The van der Waals surface area contributed by atoms with Gasteiger partial charge in [-0.15, -0.1) is 0 Å². The van der Waals surface area contributed by atoms with E-state index in [4.69, 9.17) is 11.6 Å². The standard InChI is InChI=1S/C19H18ClF3N2O/c20-17-6-2-4-15(12-17)18(26)25-9-7-24(8-10-25)13-14-3-1-5-16(11-14)19(21,22)23/h1-6,11-12H,7-10,13H2. The largest absolute Gasteiger partial charge is 0.416 e. The molecule has 0 spiro atoms. The van der Waals surface area contributed by atoms with E-state index < -0.39 is 11.7 Å². The van der Waals surface area contributed by atoms with Gasteiger partial charge in [0.25, 0.3) is 5.91 Å². The van der Waals surface area contributed by atoms with Gasteiger partial charge in [0.05, 0.1) is 5.56 Å². The van der Waals surface area contributed by atoms with Gasteiger partial charge in [-0.05, 0) is 29.8 Å². The molecule has 138 valence electrons. The van der Waals surface area contributed by atoms with Crippen molar-refractivity contribution in [3.8, 4) is 0 Å². The van der Waals surface area contributed by atoms with E-state index in [1.807, 2.05) is 0 Å². The molecule has 7 heteroatoms. The molecule has 0 aliphatic carbocycles. The van der Waals surface area contributed by atoms with E-state index in [1.54, 1.807) is 35.2 Å². The monoisotopic (exact) mass is 382 g/mol. The molecule has 0 unspecified atom stereocenters. The molecule has 2 aromatic carbocycles. The number of halogens is 4. The van der Waals surface area contributed by atoms with Crippen molar-refractivity contribution in [3.05, 3.63) is 70.2 Å². The Labute approximate surface area is 155 Å². The minimum atomic E-state index is -4.34. The van der Waals surface area contributed by atoms with Crippen LogP contribution >= 0.6 is 11.6 Å². The van der Waals surface area contributed by atoms with Crippen LogP contribution in [0.25, 0.3) is 0 Å². The van der Waals surface area contributed by atoms with Gasteiger partial charge >= 0.3 is 6.18 Å². The zero-order valence-electron chi connectivity index (χ0n) is 14.0. The third-order valence-electron chi connectivity index (χ3n) is 4.39. The summed E-state index contributed by atoms with van der Waals surface area (Å²) >= 11 is 5.93. The number of hydrogen-bond donors (Lipinski definition) is 0. The first-order valence-electron chi connectivity index (χ1n) is 8.26. The minimum Gasteiger partial charge on any atom is -0.336 e. The normalized spacial score (nSPS) is 15.9. The number of benzene rings is 2. The third-order valence-corrected chi connectivity index (χ3v) is 4.63. The summed E-state index contributed by atoms with van der Waals surface area (Å²) in [5.41, 5.74) is 0.531. The van der Waals surface area contributed by atoms with Gasteiger partial charge < -0.3 is 4.90 Å². The van der Waals surface area contributed by atoms with Crippen LogP contribution in [0.15, 0.2) is 48.5 Å². The van der Waals surface area contributed by atoms with Crippen molar-refractivity contribution in [2.75, 3.05) is 26.2 Å². The Morgan fingerprint density at radius 2 is 1.69 bits per heavy atom. The van der Waals surface area contributed by atoms with E-state index in [2.05, 4.69) is 4.90 Å². The van der Waals surface area contributed by atoms with Gasteiger partial charge in [-0.1, -0.05) is 35.9 Å². The molecule has 1 saturated heterocycles. The third kappa shape index (κ3) is 4.56. The molecule has 0 aromatic heterocycles. The van der Waals surface area contributed by atoms with Crippen LogP contribution in [-0.2, 0) is 12.7 Å². The summed E-state index contributed by atoms with van der Waals surface area (Å²) in [4.78, 5) is 16.3. The van der Waals surface area contributed by atoms with Crippen LogP contribution in [0.3, 0.4) is 0 Å². The number of piperazine rings is 1. The lowest BCUT2D eigenvalue weighted by Crippen LogP contribution is -2.48. The molecule has 26 heavy (non-hydrogen) atoms. The molecular formula is C19H18ClF3N2O. The van der Waals surface area contributed by atoms with Crippen LogP contribution in [0.1, 0.15) is 21.5 Å². The van der Waals surface area contributed by atoms with E-state index in [0.29, 0.717) is 48.9 Å². The number of nitrogens with zero attached hydrogens (tertiary/aromatic N) is 2. The summed E-state index contributed by atoms with van der Waals surface area (Å²) in [7, 11) is 0. The number of hydrogen-bond acceptors (Lipinski definition) is 2. The molecule has 3 nitrogen and oxygen atoms in total. The lowest BCUT2D eigenvalue weighted by atomic mass is 10.1. The average Bonchev–Trinajstić information content (AvgIpc) is 2.61. The summed E-state index contributed by atoms with van der Waals surface area (Å²) in [5.74, 6) is -0.0776. The zero-order valence-corrected chi connectivity index (χ0v) is 14.7. The second-order valence-electron chi connectivity index (χ2n) is 6.28. The van der Waals surface area contributed by atoms with Gasteiger partial charge in [0.2, 0.25) is 0 Å². The molecule has 3 rings (SSSR count). The smallest absolute Gasteiger partial charge is 0.336 e. The Morgan fingerprint density at radius 3 is 2.35 bits per heavy atom. The molecule has 0 bridgehead atoms. The van der Waals surface area contributed by atoms with Crippen molar-refractivity contribution in [2.45, 2.75) is 12.7 Å². The molecule has 2 aromatic rings. The molecule has 1 aliphatic rings. The van der Waals surface area contributed by atoms with Crippen molar-refractivity contribution < 1.29 is 18.0 Å². The number of amides is 1. The molecule has 0 atom stereocenters. The Bertz CT molecular complexity index is 786. The van der Waals surface area contributed by atoms with Gasteiger partial charge in [-0.25, -0.2) is 0 Å². The lowest BCUT2D eigenvalue weighted by molar-refractivity contribution is -0.137. The van der Waals surface area contributed by atoms with Gasteiger partial charge in [0.15, 0.2) is 0 Å². The highest BCUT2D eigenvalue weighted by molar-refractivity contribution is 6.30. The van der Waals surface area contributed by atoms with Gasteiger partial charge in [0.1, 0.15) is 0 Å². The van der Waals surface area contributed by atoms with Crippen molar-refractivity contribution >= 4 is 17.5 Å². The first-order chi connectivity index (χ1) is 12.3. The first-order valence-corrected chi connectivity index (χ1v) is 8.64. The van der Waals surface area contributed by atoms with Crippen LogP contribution in [0, 0.1) is 0 Å². The maximum atomic E-state index is 12.8. The maximum absolute atomic E-state index is 12.8. The van der Waals surface area contributed by atoms with E-state index in [-0.39, 0.29) is 5.91 Å². The highest BCUT2D eigenvalue weighted by atomic mass is 35.5. The zero-order chi connectivity index (χ0) is 18.7. The number of alkyl halides is 3. The summed E-state index contributed by atoms with van der Waals surface area (Å²) in [6.45, 7) is 2.73. The Hall–Kier alpha value is -2.05. The molecule has 1 heterocycles. The van der Waals surface area contributed by atoms with Crippen LogP contribution in [0.2, 0.25) is 5.02 Å². The summed E-state index contributed by atoms with van der Waals surface area (Å²) in [6.07, 6.45) is -4.34. The number of rotatable bonds is 3. The summed E-state index contributed by atoms with van der Waals surface area (Å²) in [6, 6.07) is 12.2. The van der Waals surface area contributed by atoms with Crippen LogP contribution in [-0.4, -0.2) is 41.9 Å². The predicted octanol–water partition coefficient (Wildman–Crippen LogP) is 4.32. The molecule has 1 aliphatic heterocycles. The SMILES string of the molecule is O=C(c1cccc(Cl)c1)N1CCN(Cc2cccc(C(F)(F)F)c2)CC1. The summed E-state index contributed by atoms with van der Waals surface area (Å²) in [5, 5.41) is 0.513. The Balaban J connectivity index is 1.58. The first kappa shape index (κ1) is 18.7. The van der Waals surface area contributed by atoms with E-state index in [9.17, 15) is 18.0 Å². The fourth-order valence-corrected chi connectivity index (χ4v) is 3.21. The van der Waals surface area contributed by atoms with Crippen LogP contribution in [0.5, 0.6) is 0 Å². The Kier molecular flexibility index (Phi) is 5.53. The van der Waals surface area contributed by atoms with E-state index >= 15 is 0 Å². The van der Waals surface area contributed by atoms with Crippen molar-refractivity contribution in [3.63, 3.8) is 0 Å². The van der Waals surface area contributed by atoms with Crippen LogP contribution in [0.4, 0.5) is 13.2 Å². The molecular weight excluding hydrogens is 365 g/mol. The fraction of sp³-hybridized carbons (Fsp3) is 0.316. The fourth-order valence-electron chi connectivity index (χ4n) is 3.02. The molecule has 0 saturated carbocycles. The highest BCUT2D eigenvalue weighted by Gasteiger charge is 2.30. The maximum Gasteiger partial charge on any atom is 0.416 e. The minimum absolute atomic E-state index is 0.0776. The quantitative estimate of drug-likeness (QED) is 0.789. The van der Waals surface area contributed by atoms with Gasteiger partial charge in [0, 0.05) is 43.3 Å². The van der Waals surface area contributed by atoms with Crippen LogP contribution < -0.4 is 0 Å². The van der Waals surface area contributed by atoms with Crippen molar-refractivity contribution in [2.24, 2.45) is 0 Å². The molecule has 0 radical (unpaired) electrons. The van der Waals surface area contributed by atoms with Crippen molar-refractivity contribution in [1.29, 1.82) is 0 Å². The lowest BCUT2D eigenvalue weighted by Gasteiger charge is -2.35.